The molecule has 2 aliphatic rings. The third-order valence-electron chi connectivity index (χ3n) is 6.19. The minimum Gasteiger partial charge on any atom is -0.496 e. The molecule has 1 aliphatic carbocycles. The topological polar surface area (TPSA) is 43.4 Å². The maximum absolute atomic E-state index is 6.32. The standard InChI is InChI=1S/C23H30N2O2S/c1-26-19-8-16-28-20(19)17-24-13-6-9-22(21-7-2-5-14-25-21)12-15-27-23(18-22)10-3-4-11-23/h2,5-9,14,16,24H,3-4,10-13,15,17-18H2,1H3/b9-6-/t22-/m1/s1. The Morgan fingerprint density at radius 3 is 2.93 bits per heavy atom. The van der Waals surface area contributed by atoms with Crippen molar-refractivity contribution in [2.75, 3.05) is 20.3 Å². The molecule has 28 heavy (non-hydrogen) atoms. The lowest BCUT2D eigenvalue weighted by molar-refractivity contribution is -0.0939. The molecular weight excluding hydrogens is 368 g/mol. The highest BCUT2D eigenvalue weighted by Gasteiger charge is 2.47. The summed E-state index contributed by atoms with van der Waals surface area (Å²) < 4.78 is 11.7. The van der Waals surface area contributed by atoms with Gasteiger partial charge >= 0.3 is 0 Å². The predicted octanol–water partition coefficient (Wildman–Crippen LogP) is 4.86. The number of hydrogen-bond donors (Lipinski definition) is 1. The summed E-state index contributed by atoms with van der Waals surface area (Å²) in [6, 6.07) is 8.32. The zero-order chi connectivity index (χ0) is 19.3. The Balaban J connectivity index is 1.46. The van der Waals surface area contributed by atoms with Crippen molar-refractivity contribution in [1.29, 1.82) is 0 Å². The van der Waals surface area contributed by atoms with E-state index in [1.165, 1.54) is 36.3 Å². The van der Waals surface area contributed by atoms with E-state index >= 15 is 0 Å². The van der Waals surface area contributed by atoms with Crippen LogP contribution in [0.5, 0.6) is 5.75 Å². The highest BCUT2D eigenvalue weighted by atomic mass is 32.1. The van der Waals surface area contributed by atoms with Gasteiger partial charge in [0.05, 0.1) is 23.3 Å². The van der Waals surface area contributed by atoms with E-state index in [0.29, 0.717) is 0 Å². The van der Waals surface area contributed by atoms with E-state index in [1.54, 1.807) is 18.4 Å². The minimum absolute atomic E-state index is 0.0217. The van der Waals surface area contributed by atoms with Crippen molar-refractivity contribution in [2.24, 2.45) is 0 Å². The van der Waals surface area contributed by atoms with E-state index < -0.39 is 0 Å². The third-order valence-corrected chi connectivity index (χ3v) is 7.10. The molecule has 4 nitrogen and oxygen atoms in total. The molecule has 3 heterocycles. The first-order valence-electron chi connectivity index (χ1n) is 10.3. The van der Waals surface area contributed by atoms with Crippen LogP contribution in [-0.2, 0) is 16.7 Å². The Labute approximate surface area is 172 Å². The highest BCUT2D eigenvalue weighted by molar-refractivity contribution is 7.10. The second kappa shape index (κ2) is 8.76. The quantitative estimate of drug-likeness (QED) is 0.534. The van der Waals surface area contributed by atoms with Crippen molar-refractivity contribution < 1.29 is 9.47 Å². The van der Waals surface area contributed by atoms with Crippen molar-refractivity contribution >= 4 is 11.3 Å². The largest absolute Gasteiger partial charge is 0.496 e. The van der Waals surface area contributed by atoms with Crippen LogP contribution in [0.15, 0.2) is 48.0 Å². The first-order valence-corrected chi connectivity index (χ1v) is 11.2. The second-order valence-electron chi connectivity index (χ2n) is 7.98. The first-order chi connectivity index (χ1) is 13.8. The van der Waals surface area contributed by atoms with Gasteiger partial charge in [0.1, 0.15) is 5.75 Å². The van der Waals surface area contributed by atoms with Crippen molar-refractivity contribution in [3.05, 3.63) is 58.6 Å². The fraction of sp³-hybridized carbons (Fsp3) is 0.522. The number of nitrogens with zero attached hydrogens (tertiary/aromatic N) is 1. The number of thiophene rings is 1. The van der Waals surface area contributed by atoms with E-state index in [-0.39, 0.29) is 11.0 Å². The fourth-order valence-corrected chi connectivity index (χ4v) is 5.61. The van der Waals surface area contributed by atoms with Crippen molar-refractivity contribution in [2.45, 2.75) is 56.1 Å². The molecule has 4 rings (SSSR count). The van der Waals surface area contributed by atoms with Crippen LogP contribution in [0.4, 0.5) is 0 Å². The van der Waals surface area contributed by atoms with E-state index in [0.717, 1.165) is 38.3 Å². The van der Waals surface area contributed by atoms with Crippen molar-refractivity contribution in [3.63, 3.8) is 0 Å². The van der Waals surface area contributed by atoms with Crippen LogP contribution in [-0.4, -0.2) is 30.8 Å². The molecule has 1 spiro atoms. The first kappa shape index (κ1) is 19.6. The molecule has 0 bridgehead atoms. The van der Waals surface area contributed by atoms with Gasteiger partial charge in [-0.3, -0.25) is 4.98 Å². The number of hydrogen-bond acceptors (Lipinski definition) is 5. The van der Waals surface area contributed by atoms with E-state index in [4.69, 9.17) is 14.5 Å². The molecule has 150 valence electrons. The van der Waals surface area contributed by atoms with Crippen LogP contribution in [0.25, 0.3) is 0 Å². The van der Waals surface area contributed by atoms with Crippen LogP contribution in [0.2, 0.25) is 0 Å². The fourth-order valence-electron chi connectivity index (χ4n) is 4.80. The van der Waals surface area contributed by atoms with Crippen LogP contribution in [0, 0.1) is 0 Å². The van der Waals surface area contributed by atoms with Gasteiger partial charge in [0.15, 0.2) is 0 Å². The monoisotopic (exact) mass is 398 g/mol. The number of methoxy groups -OCH3 is 1. The third kappa shape index (κ3) is 4.17. The number of pyridine rings is 1. The Morgan fingerprint density at radius 2 is 2.14 bits per heavy atom. The SMILES string of the molecule is COc1ccsc1CNC/C=C\[C@@]1(c2ccccn2)CCOC2(CCCC2)C1. The van der Waals surface area contributed by atoms with Gasteiger partial charge < -0.3 is 14.8 Å². The summed E-state index contributed by atoms with van der Waals surface area (Å²) in [6.45, 7) is 2.49. The van der Waals surface area contributed by atoms with Gasteiger partial charge in [-0.25, -0.2) is 0 Å². The lowest BCUT2D eigenvalue weighted by Gasteiger charge is -2.45. The Bertz CT molecular complexity index is 783. The van der Waals surface area contributed by atoms with E-state index in [2.05, 4.69) is 35.0 Å². The molecule has 1 N–H and O–H groups in total. The molecule has 1 saturated carbocycles. The molecule has 5 heteroatoms. The Hall–Kier alpha value is -1.69. The van der Waals surface area contributed by atoms with Crippen molar-refractivity contribution in [3.8, 4) is 5.75 Å². The van der Waals surface area contributed by atoms with Gasteiger partial charge in [-0.2, -0.15) is 0 Å². The molecule has 0 radical (unpaired) electrons. The maximum atomic E-state index is 6.32. The van der Waals surface area contributed by atoms with Gasteiger partial charge in [0.2, 0.25) is 0 Å². The number of allylic oxidation sites excluding steroid dienone is 1. The van der Waals surface area contributed by atoms with Gasteiger partial charge in [-0.05, 0) is 49.3 Å². The van der Waals surface area contributed by atoms with Gasteiger partial charge in [0.25, 0.3) is 0 Å². The van der Waals surface area contributed by atoms with Crippen LogP contribution in [0.1, 0.15) is 49.1 Å². The van der Waals surface area contributed by atoms with E-state index in [1.807, 2.05) is 18.3 Å². The maximum Gasteiger partial charge on any atom is 0.134 e. The summed E-state index contributed by atoms with van der Waals surface area (Å²) in [4.78, 5) is 5.99. The summed E-state index contributed by atoms with van der Waals surface area (Å²) in [6.07, 6.45) is 13.6. The summed E-state index contributed by atoms with van der Waals surface area (Å²) in [5.41, 5.74) is 1.21. The Kier molecular flexibility index (Phi) is 6.14. The molecule has 0 unspecified atom stereocenters. The summed E-state index contributed by atoms with van der Waals surface area (Å²) >= 11 is 1.73. The zero-order valence-electron chi connectivity index (χ0n) is 16.7. The molecule has 0 amide bonds. The number of ether oxygens (including phenoxy) is 2. The van der Waals surface area contributed by atoms with Gasteiger partial charge in [-0.15, -0.1) is 11.3 Å². The van der Waals surface area contributed by atoms with E-state index in [9.17, 15) is 0 Å². The second-order valence-corrected chi connectivity index (χ2v) is 8.98. The zero-order valence-corrected chi connectivity index (χ0v) is 17.5. The summed E-state index contributed by atoms with van der Waals surface area (Å²) in [7, 11) is 1.73. The number of aromatic nitrogens is 1. The van der Waals surface area contributed by atoms with Crippen molar-refractivity contribution in [1.82, 2.24) is 10.3 Å². The molecule has 1 saturated heterocycles. The predicted molar refractivity (Wildman–Crippen MR) is 114 cm³/mol. The van der Waals surface area contributed by atoms with Gasteiger partial charge in [-0.1, -0.05) is 31.1 Å². The molecule has 1 aliphatic heterocycles. The van der Waals surface area contributed by atoms with Gasteiger partial charge in [0, 0.05) is 31.3 Å². The molecule has 2 fully saturated rings. The molecule has 2 aromatic rings. The lowest BCUT2D eigenvalue weighted by Crippen LogP contribution is -2.45. The average molecular weight is 399 g/mol. The molecule has 1 atom stereocenters. The number of rotatable bonds is 7. The smallest absolute Gasteiger partial charge is 0.134 e. The number of nitrogens with one attached hydrogen (secondary N) is 1. The Morgan fingerprint density at radius 1 is 1.25 bits per heavy atom. The highest BCUT2D eigenvalue weighted by Crippen LogP contribution is 2.48. The van der Waals surface area contributed by atoms with Crippen LogP contribution in [0.3, 0.4) is 0 Å². The molecule has 2 aromatic heterocycles. The lowest BCUT2D eigenvalue weighted by atomic mass is 9.69. The minimum atomic E-state index is -0.0217. The van der Waals surface area contributed by atoms with Crippen LogP contribution >= 0.6 is 11.3 Å². The average Bonchev–Trinajstić information content (AvgIpc) is 3.38. The van der Waals surface area contributed by atoms with Crippen LogP contribution < -0.4 is 10.1 Å². The molecular formula is C23H30N2O2S. The summed E-state index contributed by atoms with van der Waals surface area (Å²) in [5, 5.41) is 5.60. The molecule has 0 aromatic carbocycles. The summed E-state index contributed by atoms with van der Waals surface area (Å²) in [5.74, 6) is 0.971. The normalized spacial score (nSPS) is 24.2.